The topological polar surface area (TPSA) is 73.6 Å². The van der Waals surface area contributed by atoms with Crippen LogP contribution in [-0.4, -0.2) is 31.8 Å². The molecule has 0 heterocycles. The summed E-state index contributed by atoms with van der Waals surface area (Å²) in [5.41, 5.74) is 9.90. The Labute approximate surface area is 155 Å². The van der Waals surface area contributed by atoms with E-state index in [0.717, 1.165) is 22.4 Å². The number of hydrogen-bond acceptors (Lipinski definition) is 4. The van der Waals surface area contributed by atoms with Crippen molar-refractivity contribution in [2.75, 3.05) is 25.1 Å². The van der Waals surface area contributed by atoms with Crippen LogP contribution in [0.25, 0.3) is 0 Å². The lowest BCUT2D eigenvalue weighted by molar-refractivity contribution is -0.117. The summed E-state index contributed by atoms with van der Waals surface area (Å²) in [7, 11) is 0. The van der Waals surface area contributed by atoms with Crippen molar-refractivity contribution in [2.45, 2.75) is 32.9 Å². The van der Waals surface area contributed by atoms with E-state index in [-0.39, 0.29) is 5.91 Å². The van der Waals surface area contributed by atoms with Crippen LogP contribution in [0.15, 0.2) is 48.5 Å². The lowest BCUT2D eigenvalue weighted by atomic mass is 10.0. The zero-order valence-electron chi connectivity index (χ0n) is 15.5. The summed E-state index contributed by atoms with van der Waals surface area (Å²) >= 11 is 0. The predicted molar refractivity (Wildman–Crippen MR) is 104 cm³/mol. The molecule has 2 aromatic carbocycles. The zero-order valence-corrected chi connectivity index (χ0v) is 15.5. The van der Waals surface area contributed by atoms with Crippen molar-refractivity contribution >= 4 is 11.6 Å². The lowest BCUT2D eigenvalue weighted by Crippen LogP contribution is -2.37. The van der Waals surface area contributed by atoms with Crippen molar-refractivity contribution in [1.82, 2.24) is 0 Å². The summed E-state index contributed by atoms with van der Waals surface area (Å²) in [5.74, 6) is -0.189. The van der Waals surface area contributed by atoms with Gasteiger partial charge in [0.2, 0.25) is 5.91 Å². The van der Waals surface area contributed by atoms with Crippen LogP contribution >= 0.6 is 0 Å². The number of hydrogen-bond donors (Lipinski definition) is 2. The van der Waals surface area contributed by atoms with Gasteiger partial charge >= 0.3 is 0 Å². The van der Waals surface area contributed by atoms with Gasteiger partial charge in [-0.25, -0.2) is 0 Å². The Hall–Kier alpha value is -2.21. The van der Waals surface area contributed by atoms with Gasteiger partial charge < -0.3 is 20.5 Å². The largest absolute Gasteiger partial charge is 0.379 e. The fourth-order valence-electron chi connectivity index (χ4n) is 2.61. The number of amides is 1. The van der Waals surface area contributed by atoms with Crippen LogP contribution in [0.2, 0.25) is 0 Å². The molecule has 0 saturated heterocycles. The molecule has 0 aliphatic heterocycles. The van der Waals surface area contributed by atoms with Crippen molar-refractivity contribution in [1.29, 1.82) is 0 Å². The minimum absolute atomic E-state index is 0.189. The van der Waals surface area contributed by atoms with Gasteiger partial charge in [-0.1, -0.05) is 42.5 Å². The van der Waals surface area contributed by atoms with Crippen molar-refractivity contribution < 1.29 is 14.3 Å². The molecule has 0 aromatic heterocycles. The third-order valence-electron chi connectivity index (χ3n) is 4.17. The first-order valence-electron chi connectivity index (χ1n) is 8.96. The van der Waals surface area contributed by atoms with Crippen LogP contribution in [0, 0.1) is 6.92 Å². The molecular weight excluding hydrogens is 328 g/mol. The first kappa shape index (κ1) is 20.1. The van der Waals surface area contributed by atoms with Gasteiger partial charge in [-0.3, -0.25) is 4.79 Å². The average Bonchev–Trinajstić information content (AvgIpc) is 2.65. The Bertz CT molecular complexity index is 689. The van der Waals surface area contributed by atoms with Crippen molar-refractivity contribution in [2.24, 2.45) is 5.73 Å². The fourth-order valence-corrected chi connectivity index (χ4v) is 2.61. The van der Waals surface area contributed by atoms with E-state index in [1.165, 1.54) is 0 Å². The quantitative estimate of drug-likeness (QED) is 0.642. The Morgan fingerprint density at radius 2 is 1.81 bits per heavy atom. The first-order valence-corrected chi connectivity index (χ1v) is 8.96. The van der Waals surface area contributed by atoms with Crippen LogP contribution in [0.3, 0.4) is 0 Å². The number of rotatable bonds is 10. The monoisotopic (exact) mass is 356 g/mol. The van der Waals surface area contributed by atoms with Crippen LogP contribution in [0.1, 0.15) is 23.6 Å². The summed E-state index contributed by atoms with van der Waals surface area (Å²) in [5, 5.41) is 2.94. The second-order valence-corrected chi connectivity index (χ2v) is 6.12. The van der Waals surface area contributed by atoms with Crippen LogP contribution in [-0.2, 0) is 27.3 Å². The molecular formula is C21H28N2O3. The maximum atomic E-state index is 12.4. The number of ether oxygens (including phenoxy) is 2. The van der Waals surface area contributed by atoms with Gasteiger partial charge in [-0.05, 0) is 43.0 Å². The van der Waals surface area contributed by atoms with Gasteiger partial charge in [-0.2, -0.15) is 0 Å². The minimum atomic E-state index is -0.595. The third-order valence-corrected chi connectivity index (χ3v) is 4.17. The third kappa shape index (κ3) is 6.26. The van der Waals surface area contributed by atoms with Gasteiger partial charge in [0, 0.05) is 12.3 Å². The molecule has 0 aliphatic rings. The number of carbonyl (C=O) groups excluding carboxylic acids is 1. The molecule has 0 bridgehead atoms. The molecule has 140 valence electrons. The molecule has 3 N–H and O–H groups in total. The van der Waals surface area contributed by atoms with Crippen molar-refractivity contribution in [3.63, 3.8) is 0 Å². The number of anilines is 1. The summed E-state index contributed by atoms with van der Waals surface area (Å²) < 4.78 is 10.9. The van der Waals surface area contributed by atoms with Crippen LogP contribution in [0.5, 0.6) is 0 Å². The van der Waals surface area contributed by atoms with E-state index < -0.39 is 6.04 Å². The Morgan fingerprint density at radius 1 is 1.08 bits per heavy atom. The van der Waals surface area contributed by atoms with Gasteiger partial charge in [0.15, 0.2) is 0 Å². The average molecular weight is 356 g/mol. The van der Waals surface area contributed by atoms with Gasteiger partial charge in [0.05, 0.1) is 25.9 Å². The fraction of sp³-hybridized carbons (Fsp3) is 0.381. The molecule has 0 fully saturated rings. The van der Waals surface area contributed by atoms with Gasteiger partial charge in [0.25, 0.3) is 0 Å². The molecule has 1 amide bonds. The second kappa shape index (κ2) is 10.7. The van der Waals surface area contributed by atoms with E-state index in [9.17, 15) is 4.79 Å². The summed E-state index contributed by atoms with van der Waals surface area (Å²) in [4.78, 5) is 12.4. The molecule has 5 nitrogen and oxygen atoms in total. The van der Waals surface area contributed by atoms with Gasteiger partial charge in [-0.15, -0.1) is 0 Å². The van der Waals surface area contributed by atoms with Crippen molar-refractivity contribution in [3.8, 4) is 0 Å². The normalized spacial score (nSPS) is 12.0. The lowest BCUT2D eigenvalue weighted by Gasteiger charge is -2.16. The standard InChI is InChI=1S/C21H28N2O3/c1-3-25-12-13-26-15-18-10-7-11-20(16(18)2)23-21(24)19(22)14-17-8-5-4-6-9-17/h4-11,19H,3,12-15,22H2,1-2H3,(H,23,24)/t19-/m0/s1. The maximum Gasteiger partial charge on any atom is 0.241 e. The molecule has 0 aliphatic carbocycles. The SMILES string of the molecule is CCOCCOCc1cccc(NC(=O)[C@@H](N)Cc2ccccc2)c1C. The minimum Gasteiger partial charge on any atom is -0.379 e. The van der Waals surface area contributed by atoms with E-state index in [1.807, 2.05) is 62.4 Å². The maximum absolute atomic E-state index is 12.4. The summed E-state index contributed by atoms with van der Waals surface area (Å²) in [6.45, 7) is 6.23. The summed E-state index contributed by atoms with van der Waals surface area (Å²) in [6.07, 6.45) is 0.506. The number of nitrogens with two attached hydrogens (primary N) is 1. The molecule has 5 heteroatoms. The molecule has 0 unspecified atom stereocenters. The zero-order chi connectivity index (χ0) is 18.8. The highest BCUT2D eigenvalue weighted by Crippen LogP contribution is 2.20. The Morgan fingerprint density at radius 3 is 2.54 bits per heavy atom. The molecule has 2 rings (SSSR count). The number of benzene rings is 2. The van der Waals surface area contributed by atoms with Crippen LogP contribution < -0.4 is 11.1 Å². The van der Waals surface area contributed by atoms with E-state index in [4.69, 9.17) is 15.2 Å². The highest BCUT2D eigenvalue weighted by Gasteiger charge is 2.15. The number of nitrogens with one attached hydrogen (secondary N) is 1. The summed E-state index contributed by atoms with van der Waals surface area (Å²) in [6, 6.07) is 15.0. The van der Waals surface area contributed by atoms with Crippen LogP contribution in [0.4, 0.5) is 5.69 Å². The second-order valence-electron chi connectivity index (χ2n) is 6.12. The van der Waals surface area contributed by atoms with Gasteiger partial charge in [0.1, 0.15) is 0 Å². The highest BCUT2D eigenvalue weighted by molar-refractivity contribution is 5.95. The molecule has 26 heavy (non-hydrogen) atoms. The molecule has 0 radical (unpaired) electrons. The molecule has 0 saturated carbocycles. The Kier molecular flexibility index (Phi) is 8.28. The van der Waals surface area contributed by atoms with Crippen molar-refractivity contribution in [3.05, 3.63) is 65.2 Å². The molecule has 2 aromatic rings. The van der Waals surface area contributed by atoms with E-state index in [0.29, 0.717) is 32.8 Å². The molecule has 0 spiro atoms. The van der Waals surface area contributed by atoms with E-state index >= 15 is 0 Å². The smallest absolute Gasteiger partial charge is 0.241 e. The van der Waals surface area contributed by atoms with E-state index in [2.05, 4.69) is 5.32 Å². The highest BCUT2D eigenvalue weighted by atomic mass is 16.5. The molecule has 1 atom stereocenters. The predicted octanol–water partition coefficient (Wildman–Crippen LogP) is 3.06. The Balaban J connectivity index is 1.91. The first-order chi connectivity index (χ1) is 12.6. The van der Waals surface area contributed by atoms with E-state index in [1.54, 1.807) is 0 Å². The number of carbonyl (C=O) groups is 1.